The highest BCUT2D eigenvalue weighted by Gasteiger charge is 2.29. The van der Waals surface area contributed by atoms with Crippen LogP contribution in [0.1, 0.15) is 85.0 Å². The van der Waals surface area contributed by atoms with E-state index >= 15 is 0 Å². The molecule has 2 atom stereocenters. The fourth-order valence-corrected chi connectivity index (χ4v) is 3.95. The van der Waals surface area contributed by atoms with Crippen molar-refractivity contribution in [1.82, 2.24) is 10.6 Å². The number of nitrogens with one attached hydrogen (secondary N) is 2. The highest BCUT2D eigenvalue weighted by Crippen LogP contribution is 2.27. The molecule has 2 N–H and O–H groups in total. The van der Waals surface area contributed by atoms with Crippen molar-refractivity contribution in [2.75, 3.05) is 6.54 Å². The van der Waals surface area contributed by atoms with E-state index in [4.69, 9.17) is 4.74 Å². The zero-order chi connectivity index (χ0) is 16.7. The van der Waals surface area contributed by atoms with E-state index < -0.39 is 5.60 Å². The summed E-state index contributed by atoms with van der Waals surface area (Å²) in [4.78, 5) is 11.8. The van der Waals surface area contributed by atoms with Gasteiger partial charge in [0.1, 0.15) is 5.60 Å². The van der Waals surface area contributed by atoms with E-state index in [0.29, 0.717) is 18.0 Å². The maximum absolute atomic E-state index is 11.8. The van der Waals surface area contributed by atoms with Crippen LogP contribution in [-0.4, -0.2) is 30.3 Å². The molecule has 2 aliphatic carbocycles. The molecule has 0 saturated heterocycles. The third-order valence-electron chi connectivity index (χ3n) is 5.12. The van der Waals surface area contributed by atoms with E-state index in [1.54, 1.807) is 0 Å². The number of rotatable bonds is 4. The van der Waals surface area contributed by atoms with Crippen LogP contribution in [0.25, 0.3) is 0 Å². The molecule has 2 unspecified atom stereocenters. The molecule has 0 aliphatic heterocycles. The van der Waals surface area contributed by atoms with Crippen molar-refractivity contribution >= 4 is 6.09 Å². The molecule has 23 heavy (non-hydrogen) atoms. The van der Waals surface area contributed by atoms with Crippen LogP contribution in [0, 0.1) is 5.92 Å². The molecule has 4 heteroatoms. The Morgan fingerprint density at radius 3 is 2.26 bits per heavy atom. The minimum absolute atomic E-state index is 0.283. The van der Waals surface area contributed by atoms with Crippen molar-refractivity contribution in [3.05, 3.63) is 0 Å². The molecule has 134 valence electrons. The fourth-order valence-electron chi connectivity index (χ4n) is 3.95. The van der Waals surface area contributed by atoms with Crippen molar-refractivity contribution in [2.45, 2.75) is 103 Å². The van der Waals surface area contributed by atoms with Gasteiger partial charge in [-0.25, -0.2) is 4.79 Å². The Morgan fingerprint density at radius 1 is 0.957 bits per heavy atom. The normalized spacial score (nSPS) is 27.3. The van der Waals surface area contributed by atoms with Gasteiger partial charge in [-0.05, 0) is 52.4 Å². The topological polar surface area (TPSA) is 50.4 Å². The molecule has 0 aromatic carbocycles. The molecule has 1 amide bonds. The molecule has 2 fully saturated rings. The second kappa shape index (κ2) is 8.91. The van der Waals surface area contributed by atoms with Gasteiger partial charge < -0.3 is 15.4 Å². The Hall–Kier alpha value is -0.770. The quantitative estimate of drug-likeness (QED) is 0.806. The molecule has 0 spiro atoms. The molecule has 4 nitrogen and oxygen atoms in total. The van der Waals surface area contributed by atoms with Gasteiger partial charge in [0.15, 0.2) is 0 Å². The Morgan fingerprint density at radius 2 is 1.61 bits per heavy atom. The predicted octanol–water partition coefficient (Wildman–Crippen LogP) is 4.38. The Balaban J connectivity index is 1.74. The number of amides is 1. The van der Waals surface area contributed by atoms with Crippen molar-refractivity contribution < 1.29 is 9.53 Å². The summed E-state index contributed by atoms with van der Waals surface area (Å²) in [5, 5.41) is 6.89. The Kier molecular flexibility index (Phi) is 7.19. The van der Waals surface area contributed by atoms with Crippen molar-refractivity contribution in [3.8, 4) is 0 Å². The van der Waals surface area contributed by atoms with E-state index in [1.165, 1.54) is 64.2 Å². The van der Waals surface area contributed by atoms with Crippen LogP contribution in [0.15, 0.2) is 0 Å². The van der Waals surface area contributed by atoms with E-state index in [2.05, 4.69) is 10.6 Å². The maximum Gasteiger partial charge on any atom is 0.407 e. The van der Waals surface area contributed by atoms with E-state index in [1.807, 2.05) is 20.8 Å². The van der Waals surface area contributed by atoms with Crippen LogP contribution in [0.3, 0.4) is 0 Å². The smallest absolute Gasteiger partial charge is 0.407 e. The molecular formula is C19H36N2O2. The molecule has 0 radical (unpaired) electrons. The van der Waals surface area contributed by atoms with Crippen LogP contribution in [-0.2, 0) is 4.74 Å². The summed E-state index contributed by atoms with van der Waals surface area (Å²) in [7, 11) is 0. The van der Waals surface area contributed by atoms with Crippen molar-refractivity contribution in [3.63, 3.8) is 0 Å². The van der Waals surface area contributed by atoms with Crippen LogP contribution in [0.2, 0.25) is 0 Å². The van der Waals surface area contributed by atoms with Gasteiger partial charge in [-0.1, -0.05) is 38.5 Å². The Bertz CT molecular complexity index is 357. The van der Waals surface area contributed by atoms with E-state index in [9.17, 15) is 4.79 Å². The van der Waals surface area contributed by atoms with E-state index in [-0.39, 0.29) is 6.09 Å². The largest absolute Gasteiger partial charge is 0.444 e. The number of hydrogen-bond donors (Lipinski definition) is 2. The molecule has 2 aliphatic rings. The van der Waals surface area contributed by atoms with E-state index in [0.717, 1.165) is 6.54 Å². The lowest BCUT2D eigenvalue weighted by Crippen LogP contribution is -2.44. The summed E-state index contributed by atoms with van der Waals surface area (Å²) in [6.45, 7) is 6.45. The van der Waals surface area contributed by atoms with Gasteiger partial charge in [0.2, 0.25) is 0 Å². The number of hydrogen-bond acceptors (Lipinski definition) is 3. The predicted molar refractivity (Wildman–Crippen MR) is 94.6 cm³/mol. The lowest BCUT2D eigenvalue weighted by molar-refractivity contribution is 0.0517. The average Bonchev–Trinajstić information content (AvgIpc) is 2.84. The SMILES string of the molecule is CC(C)(C)OC(=O)NCC1CCCC1NC1CCCCCCC1. The van der Waals surface area contributed by atoms with Gasteiger partial charge >= 0.3 is 6.09 Å². The summed E-state index contributed by atoms with van der Waals surface area (Å²) in [6, 6.07) is 1.25. The van der Waals surface area contributed by atoms with Gasteiger partial charge in [-0.3, -0.25) is 0 Å². The van der Waals surface area contributed by atoms with Gasteiger partial charge in [0.25, 0.3) is 0 Å². The average molecular weight is 325 g/mol. The summed E-state index contributed by atoms with van der Waals surface area (Å²) in [5.74, 6) is 0.549. The molecule has 0 aromatic rings. The minimum atomic E-state index is -0.420. The summed E-state index contributed by atoms with van der Waals surface area (Å²) in [6.07, 6.45) is 13.0. The standard InChI is InChI=1S/C19H36N2O2/c1-19(2,3)23-18(22)20-14-15-10-9-13-17(15)21-16-11-7-5-4-6-8-12-16/h15-17,21H,4-14H2,1-3H3,(H,20,22). The van der Waals surface area contributed by atoms with Crippen molar-refractivity contribution in [2.24, 2.45) is 5.92 Å². The third-order valence-corrected chi connectivity index (χ3v) is 5.12. The Labute approximate surface area is 142 Å². The zero-order valence-electron chi connectivity index (χ0n) is 15.3. The van der Waals surface area contributed by atoms with Gasteiger partial charge in [-0.2, -0.15) is 0 Å². The molecule has 0 bridgehead atoms. The molecular weight excluding hydrogens is 288 g/mol. The van der Waals surface area contributed by atoms with Crippen LogP contribution >= 0.6 is 0 Å². The zero-order valence-corrected chi connectivity index (χ0v) is 15.3. The number of ether oxygens (including phenoxy) is 1. The first-order chi connectivity index (χ1) is 10.9. The highest BCUT2D eigenvalue weighted by molar-refractivity contribution is 5.67. The lowest BCUT2D eigenvalue weighted by Gasteiger charge is -2.29. The second-order valence-electron chi connectivity index (χ2n) is 8.39. The summed E-state index contributed by atoms with van der Waals surface area (Å²) in [5.41, 5.74) is -0.420. The third kappa shape index (κ3) is 7.11. The molecule has 0 aromatic heterocycles. The molecule has 2 rings (SSSR count). The maximum atomic E-state index is 11.8. The van der Waals surface area contributed by atoms with Gasteiger partial charge in [0, 0.05) is 18.6 Å². The lowest BCUT2D eigenvalue weighted by atomic mass is 9.94. The molecule has 0 heterocycles. The summed E-state index contributed by atoms with van der Waals surface area (Å²) >= 11 is 0. The van der Waals surface area contributed by atoms with Crippen molar-refractivity contribution in [1.29, 1.82) is 0 Å². The number of carbonyl (C=O) groups excluding carboxylic acids is 1. The number of alkyl carbamates (subject to hydrolysis) is 1. The van der Waals surface area contributed by atoms with Crippen LogP contribution in [0.5, 0.6) is 0 Å². The minimum Gasteiger partial charge on any atom is -0.444 e. The first-order valence-electron chi connectivity index (χ1n) is 9.67. The van der Waals surface area contributed by atoms with Crippen LogP contribution in [0.4, 0.5) is 4.79 Å². The number of carbonyl (C=O) groups is 1. The van der Waals surface area contributed by atoms with Gasteiger partial charge in [0.05, 0.1) is 0 Å². The van der Waals surface area contributed by atoms with Crippen LogP contribution < -0.4 is 10.6 Å². The molecule has 2 saturated carbocycles. The van der Waals surface area contributed by atoms with Gasteiger partial charge in [-0.15, -0.1) is 0 Å². The summed E-state index contributed by atoms with van der Waals surface area (Å²) < 4.78 is 5.34. The highest BCUT2D eigenvalue weighted by atomic mass is 16.6. The monoisotopic (exact) mass is 324 g/mol. The first kappa shape index (κ1) is 18.6. The fraction of sp³-hybridized carbons (Fsp3) is 0.947. The second-order valence-corrected chi connectivity index (χ2v) is 8.39. The first-order valence-corrected chi connectivity index (χ1v) is 9.67.